The zero-order chi connectivity index (χ0) is 24.2. The molecule has 33 heavy (non-hydrogen) atoms. The van der Waals surface area contributed by atoms with Crippen molar-refractivity contribution in [3.05, 3.63) is 23.3 Å². The second-order valence-electron chi connectivity index (χ2n) is 9.67. The molecule has 0 bridgehead atoms. The maximum Gasteiger partial charge on any atom is 0.420 e. The van der Waals surface area contributed by atoms with E-state index in [-0.39, 0.29) is 12.5 Å². The van der Waals surface area contributed by atoms with Crippen molar-refractivity contribution in [1.29, 1.82) is 0 Å². The molecule has 0 heterocycles. The third-order valence-electron chi connectivity index (χ3n) is 7.54. The predicted octanol–water partition coefficient (Wildman–Crippen LogP) is 8.52. The van der Waals surface area contributed by atoms with E-state index in [1.165, 1.54) is 38.5 Å². The molecule has 2 saturated carbocycles. The molecule has 2 aliphatic rings. The van der Waals surface area contributed by atoms with Gasteiger partial charge in [0, 0.05) is 0 Å². The predicted molar refractivity (Wildman–Crippen MR) is 114 cm³/mol. The molecule has 0 saturated heterocycles. The second-order valence-corrected chi connectivity index (χ2v) is 9.67. The average Bonchev–Trinajstić information content (AvgIpc) is 2.77. The van der Waals surface area contributed by atoms with Gasteiger partial charge >= 0.3 is 12.4 Å². The minimum Gasteiger partial charge on any atom is -0.496 e. The Balaban J connectivity index is 1.61. The quantitative estimate of drug-likeness (QED) is 0.364. The summed E-state index contributed by atoms with van der Waals surface area (Å²) in [5, 5.41) is 0. The van der Waals surface area contributed by atoms with Crippen LogP contribution in [0.1, 0.15) is 82.3 Å². The van der Waals surface area contributed by atoms with Crippen LogP contribution in [0.5, 0.6) is 11.5 Å². The Morgan fingerprint density at radius 1 is 0.727 bits per heavy atom. The topological polar surface area (TPSA) is 18.5 Å². The van der Waals surface area contributed by atoms with Gasteiger partial charge < -0.3 is 9.47 Å². The van der Waals surface area contributed by atoms with E-state index in [9.17, 15) is 26.3 Å². The molecule has 3 rings (SSSR count). The Hall–Kier alpha value is -1.60. The van der Waals surface area contributed by atoms with Crippen LogP contribution in [0.2, 0.25) is 0 Å². The summed E-state index contributed by atoms with van der Waals surface area (Å²) in [4.78, 5) is 0. The number of rotatable bonds is 7. The van der Waals surface area contributed by atoms with Gasteiger partial charge in [-0.2, -0.15) is 26.3 Å². The Kier molecular flexibility index (Phi) is 8.49. The average molecular weight is 481 g/mol. The van der Waals surface area contributed by atoms with Crippen molar-refractivity contribution in [2.24, 2.45) is 23.7 Å². The summed E-state index contributed by atoms with van der Waals surface area (Å²) in [5.74, 6) is 0.628. The van der Waals surface area contributed by atoms with Crippen LogP contribution in [0.15, 0.2) is 12.1 Å². The molecule has 188 valence electrons. The molecule has 2 nitrogen and oxygen atoms in total. The third-order valence-corrected chi connectivity index (χ3v) is 7.54. The molecule has 8 heteroatoms. The molecular weight excluding hydrogens is 446 g/mol. The van der Waals surface area contributed by atoms with Crippen molar-refractivity contribution < 1.29 is 35.8 Å². The summed E-state index contributed by atoms with van der Waals surface area (Å²) in [5.41, 5.74) is -3.65. The lowest BCUT2D eigenvalue weighted by molar-refractivity contribution is -0.164. The van der Waals surface area contributed by atoms with E-state index < -0.39 is 35.0 Å². The molecular formula is C25H34F6O2. The number of alkyl halides is 6. The summed E-state index contributed by atoms with van der Waals surface area (Å²) in [7, 11) is 0.917. The second kappa shape index (κ2) is 10.8. The number of hydrogen-bond donors (Lipinski definition) is 0. The lowest BCUT2D eigenvalue weighted by Crippen LogP contribution is -2.28. The van der Waals surface area contributed by atoms with E-state index >= 15 is 0 Å². The van der Waals surface area contributed by atoms with Gasteiger partial charge in [0.1, 0.15) is 22.6 Å². The highest BCUT2D eigenvalue weighted by atomic mass is 19.4. The molecule has 0 spiro atoms. The molecule has 1 aromatic carbocycles. The Bertz CT molecular complexity index is 757. The van der Waals surface area contributed by atoms with E-state index in [1.54, 1.807) is 0 Å². The van der Waals surface area contributed by atoms with Crippen LogP contribution in [0.25, 0.3) is 0 Å². The number of benzene rings is 1. The maximum absolute atomic E-state index is 13.6. The largest absolute Gasteiger partial charge is 0.496 e. The van der Waals surface area contributed by atoms with Gasteiger partial charge in [-0.05, 0) is 74.3 Å². The minimum atomic E-state index is -5.22. The molecule has 1 aromatic rings. The smallest absolute Gasteiger partial charge is 0.420 e. The first-order valence-corrected chi connectivity index (χ1v) is 12.0. The first kappa shape index (κ1) is 26.0. The van der Waals surface area contributed by atoms with Gasteiger partial charge in [0.25, 0.3) is 0 Å². The fraction of sp³-hybridized carbons (Fsp3) is 0.760. The van der Waals surface area contributed by atoms with Crippen LogP contribution in [0.4, 0.5) is 26.3 Å². The monoisotopic (exact) mass is 480 g/mol. The van der Waals surface area contributed by atoms with Crippen LogP contribution in [0.3, 0.4) is 0 Å². The van der Waals surface area contributed by atoms with Gasteiger partial charge in [-0.1, -0.05) is 32.6 Å². The fourth-order valence-corrected chi connectivity index (χ4v) is 5.81. The number of hydrogen-bond acceptors (Lipinski definition) is 2. The van der Waals surface area contributed by atoms with Crippen LogP contribution < -0.4 is 9.47 Å². The van der Waals surface area contributed by atoms with Gasteiger partial charge in [0.2, 0.25) is 0 Å². The minimum absolute atomic E-state index is 0.0112. The van der Waals surface area contributed by atoms with Gasteiger partial charge in [-0.15, -0.1) is 0 Å². The maximum atomic E-state index is 13.6. The van der Waals surface area contributed by atoms with Crippen LogP contribution in [-0.2, 0) is 12.4 Å². The summed E-state index contributed by atoms with van der Waals surface area (Å²) >= 11 is 0. The van der Waals surface area contributed by atoms with Crippen LogP contribution >= 0.6 is 0 Å². The molecule has 0 radical (unpaired) electrons. The Morgan fingerprint density at radius 2 is 1.18 bits per heavy atom. The fourth-order valence-electron chi connectivity index (χ4n) is 5.81. The molecule has 0 amide bonds. The summed E-state index contributed by atoms with van der Waals surface area (Å²) in [6.45, 7) is 2.21. The molecule has 0 unspecified atom stereocenters. The molecule has 0 N–H and O–H groups in total. The summed E-state index contributed by atoms with van der Waals surface area (Å²) < 4.78 is 91.2. The molecule has 0 aliphatic heterocycles. The highest BCUT2D eigenvalue weighted by Crippen LogP contribution is 2.49. The lowest BCUT2D eigenvalue weighted by atomic mass is 9.69. The van der Waals surface area contributed by atoms with Crippen molar-refractivity contribution in [3.63, 3.8) is 0 Å². The van der Waals surface area contributed by atoms with Crippen molar-refractivity contribution in [1.82, 2.24) is 0 Å². The zero-order valence-electron chi connectivity index (χ0n) is 19.3. The van der Waals surface area contributed by atoms with E-state index in [0.717, 1.165) is 56.8 Å². The van der Waals surface area contributed by atoms with E-state index in [1.807, 2.05) is 0 Å². The highest BCUT2D eigenvalue weighted by Gasteiger charge is 2.48. The van der Waals surface area contributed by atoms with Gasteiger partial charge in [0.05, 0.1) is 13.7 Å². The van der Waals surface area contributed by atoms with Gasteiger partial charge in [-0.3, -0.25) is 0 Å². The van der Waals surface area contributed by atoms with Gasteiger partial charge in [0.15, 0.2) is 0 Å². The number of halogens is 6. The first-order valence-electron chi connectivity index (χ1n) is 12.0. The first-order chi connectivity index (χ1) is 15.5. The van der Waals surface area contributed by atoms with Crippen molar-refractivity contribution in [2.75, 3.05) is 13.7 Å². The summed E-state index contributed by atoms with van der Waals surface area (Å²) in [6, 6.07) is 1.82. The van der Waals surface area contributed by atoms with Crippen molar-refractivity contribution in [2.45, 2.75) is 83.5 Å². The number of methoxy groups -OCH3 is 1. The Morgan fingerprint density at radius 3 is 1.64 bits per heavy atom. The Labute approximate surface area is 192 Å². The van der Waals surface area contributed by atoms with E-state index in [0.29, 0.717) is 5.92 Å². The molecule has 0 atom stereocenters. The number of ether oxygens (including phenoxy) is 2. The lowest BCUT2D eigenvalue weighted by Gasteiger charge is -2.38. The van der Waals surface area contributed by atoms with Crippen LogP contribution in [-0.4, -0.2) is 13.7 Å². The summed E-state index contributed by atoms with van der Waals surface area (Å²) in [6.07, 6.45) is 0.905. The normalized spacial score (nSPS) is 26.8. The zero-order valence-corrected chi connectivity index (χ0v) is 19.3. The van der Waals surface area contributed by atoms with Crippen molar-refractivity contribution >= 4 is 0 Å². The molecule has 0 aromatic heterocycles. The highest BCUT2D eigenvalue weighted by molar-refractivity contribution is 5.52. The van der Waals surface area contributed by atoms with E-state index in [2.05, 4.69) is 11.7 Å². The third kappa shape index (κ3) is 6.50. The van der Waals surface area contributed by atoms with E-state index in [4.69, 9.17) is 4.74 Å². The molecule has 2 aliphatic carbocycles. The molecule has 2 fully saturated rings. The van der Waals surface area contributed by atoms with Gasteiger partial charge in [-0.25, -0.2) is 0 Å². The SMILES string of the molecule is CCCC1CCC(C2CCC(COc3ccc(OC)c(C(F)(F)F)c3C(F)(F)F)CC2)CC1. The van der Waals surface area contributed by atoms with Crippen LogP contribution in [0, 0.1) is 23.7 Å². The standard InChI is InChI=1S/C25H34F6O2/c1-3-4-16-5-9-18(10-6-16)19-11-7-17(8-12-19)15-33-21-14-13-20(32-2)22(24(26,27)28)23(21)25(29,30)31/h13-14,16-19H,3-12,15H2,1-2H3. The van der Waals surface area contributed by atoms with Crippen molar-refractivity contribution in [3.8, 4) is 11.5 Å².